The Bertz CT molecular complexity index is 566. The van der Waals surface area contributed by atoms with Crippen LogP contribution < -0.4 is 0 Å². The molecule has 5 heteroatoms. The van der Waals surface area contributed by atoms with E-state index in [4.69, 9.17) is 5.26 Å². The zero-order valence-corrected chi connectivity index (χ0v) is 12.9. The summed E-state index contributed by atoms with van der Waals surface area (Å²) in [6, 6.07) is 10.2. The summed E-state index contributed by atoms with van der Waals surface area (Å²) >= 11 is 0. The van der Waals surface area contributed by atoms with Crippen LogP contribution in [0.3, 0.4) is 0 Å². The monoisotopic (exact) mass is 298 g/mol. The number of carbonyl (C=O) groups excluding carboxylic acids is 1. The first kappa shape index (κ1) is 14.9. The summed E-state index contributed by atoms with van der Waals surface area (Å²) in [5, 5.41) is 8.96. The Morgan fingerprint density at radius 2 is 1.73 bits per heavy atom. The summed E-state index contributed by atoms with van der Waals surface area (Å²) < 4.78 is 0. The summed E-state index contributed by atoms with van der Waals surface area (Å²) in [5.41, 5.74) is 1.87. The van der Waals surface area contributed by atoms with E-state index in [0.717, 1.165) is 58.7 Å². The smallest absolute Gasteiger partial charge is 0.320 e. The summed E-state index contributed by atoms with van der Waals surface area (Å²) in [7, 11) is 0. The maximum absolute atomic E-state index is 12.3. The third-order valence-electron chi connectivity index (χ3n) is 4.48. The van der Waals surface area contributed by atoms with Crippen LogP contribution in [0.1, 0.15) is 24.0 Å². The lowest BCUT2D eigenvalue weighted by Gasteiger charge is -2.36. The fourth-order valence-electron chi connectivity index (χ4n) is 3.20. The molecule has 0 N–H and O–H groups in total. The van der Waals surface area contributed by atoms with E-state index in [-0.39, 0.29) is 6.03 Å². The van der Waals surface area contributed by atoms with E-state index in [2.05, 4.69) is 17.0 Å². The molecule has 2 saturated heterocycles. The number of nitriles is 1. The summed E-state index contributed by atoms with van der Waals surface area (Å²) in [6.45, 7) is 6.08. The second kappa shape index (κ2) is 6.80. The molecular formula is C17H22N4O. The number of hydrogen-bond acceptors (Lipinski definition) is 3. The van der Waals surface area contributed by atoms with Gasteiger partial charge in [0.2, 0.25) is 0 Å². The quantitative estimate of drug-likeness (QED) is 0.838. The average molecular weight is 298 g/mol. The van der Waals surface area contributed by atoms with Crippen molar-refractivity contribution in [2.45, 2.75) is 19.4 Å². The molecule has 0 radical (unpaired) electrons. The molecule has 0 aromatic heterocycles. The van der Waals surface area contributed by atoms with Gasteiger partial charge in [-0.1, -0.05) is 12.1 Å². The molecule has 0 spiro atoms. The first-order chi connectivity index (χ1) is 10.8. The van der Waals surface area contributed by atoms with E-state index in [1.807, 2.05) is 28.0 Å². The van der Waals surface area contributed by atoms with Gasteiger partial charge in [0.05, 0.1) is 11.6 Å². The summed E-state index contributed by atoms with van der Waals surface area (Å²) in [6.07, 6.45) is 2.28. The molecule has 0 aliphatic carbocycles. The number of piperazine rings is 1. The molecule has 0 saturated carbocycles. The van der Waals surface area contributed by atoms with Gasteiger partial charge in [0.25, 0.3) is 0 Å². The molecule has 5 nitrogen and oxygen atoms in total. The van der Waals surface area contributed by atoms with Gasteiger partial charge in [-0.3, -0.25) is 4.90 Å². The fraction of sp³-hybridized carbons (Fsp3) is 0.529. The minimum atomic E-state index is 0.212. The van der Waals surface area contributed by atoms with Gasteiger partial charge in [-0.2, -0.15) is 5.26 Å². The highest BCUT2D eigenvalue weighted by molar-refractivity contribution is 5.74. The van der Waals surface area contributed by atoms with Crippen molar-refractivity contribution >= 4 is 6.03 Å². The molecule has 116 valence electrons. The fourth-order valence-corrected chi connectivity index (χ4v) is 3.20. The second-order valence-corrected chi connectivity index (χ2v) is 6.05. The van der Waals surface area contributed by atoms with Crippen molar-refractivity contribution in [3.63, 3.8) is 0 Å². The number of nitrogens with zero attached hydrogens (tertiary/aromatic N) is 4. The van der Waals surface area contributed by atoms with Crippen molar-refractivity contribution in [2.75, 3.05) is 39.3 Å². The topological polar surface area (TPSA) is 50.6 Å². The van der Waals surface area contributed by atoms with Crippen LogP contribution >= 0.6 is 0 Å². The van der Waals surface area contributed by atoms with Gasteiger partial charge in [-0.05, 0) is 30.5 Å². The first-order valence-corrected chi connectivity index (χ1v) is 8.01. The molecule has 2 fully saturated rings. The van der Waals surface area contributed by atoms with Crippen LogP contribution in [0.25, 0.3) is 0 Å². The van der Waals surface area contributed by atoms with Gasteiger partial charge in [0, 0.05) is 45.8 Å². The Balaban J connectivity index is 1.51. The third kappa shape index (κ3) is 3.40. The van der Waals surface area contributed by atoms with Crippen LogP contribution in [0, 0.1) is 11.3 Å². The molecular weight excluding hydrogens is 276 g/mol. The minimum absolute atomic E-state index is 0.212. The van der Waals surface area contributed by atoms with Gasteiger partial charge >= 0.3 is 6.03 Å². The Morgan fingerprint density at radius 3 is 2.41 bits per heavy atom. The van der Waals surface area contributed by atoms with Crippen LogP contribution in [0.4, 0.5) is 4.79 Å². The van der Waals surface area contributed by atoms with Crippen molar-refractivity contribution < 1.29 is 4.79 Å². The zero-order chi connectivity index (χ0) is 15.4. The lowest BCUT2D eigenvalue weighted by Crippen LogP contribution is -2.52. The van der Waals surface area contributed by atoms with Gasteiger partial charge < -0.3 is 9.80 Å². The van der Waals surface area contributed by atoms with E-state index in [1.54, 1.807) is 0 Å². The number of urea groups is 1. The predicted octanol–water partition coefficient (Wildman–Crippen LogP) is 1.89. The molecule has 3 rings (SSSR count). The molecule has 2 heterocycles. The highest BCUT2D eigenvalue weighted by Gasteiger charge is 2.26. The van der Waals surface area contributed by atoms with Crippen molar-refractivity contribution in [3.8, 4) is 6.07 Å². The predicted molar refractivity (Wildman–Crippen MR) is 84.2 cm³/mol. The maximum atomic E-state index is 12.3. The molecule has 2 aliphatic rings. The SMILES string of the molecule is N#Cc1cccc(CN2CCN(C(=O)N3CCCC3)CC2)c1. The number of amides is 2. The molecule has 2 aliphatic heterocycles. The van der Waals surface area contributed by atoms with Crippen LogP contribution in [0.5, 0.6) is 0 Å². The van der Waals surface area contributed by atoms with Gasteiger partial charge in [0.1, 0.15) is 0 Å². The lowest BCUT2D eigenvalue weighted by molar-refractivity contribution is 0.115. The van der Waals surface area contributed by atoms with Crippen LogP contribution in [0.15, 0.2) is 24.3 Å². The number of hydrogen-bond donors (Lipinski definition) is 0. The standard InChI is InChI=1S/C17H22N4O/c18-13-15-4-3-5-16(12-15)14-19-8-10-21(11-9-19)17(22)20-6-1-2-7-20/h3-5,12H,1-2,6-11,14H2. The van der Waals surface area contributed by atoms with E-state index in [0.29, 0.717) is 5.56 Å². The third-order valence-corrected chi connectivity index (χ3v) is 4.48. The van der Waals surface area contributed by atoms with Gasteiger partial charge in [-0.15, -0.1) is 0 Å². The first-order valence-electron chi connectivity index (χ1n) is 8.01. The van der Waals surface area contributed by atoms with Crippen molar-refractivity contribution in [1.82, 2.24) is 14.7 Å². The highest BCUT2D eigenvalue weighted by atomic mass is 16.2. The van der Waals surface area contributed by atoms with E-state index in [1.165, 1.54) is 5.56 Å². The van der Waals surface area contributed by atoms with Crippen LogP contribution in [-0.4, -0.2) is 60.0 Å². The highest BCUT2D eigenvalue weighted by Crippen LogP contribution is 2.14. The molecule has 1 aromatic carbocycles. The lowest BCUT2D eigenvalue weighted by atomic mass is 10.1. The Kier molecular flexibility index (Phi) is 4.59. The number of benzene rings is 1. The number of rotatable bonds is 2. The molecule has 0 atom stereocenters. The van der Waals surface area contributed by atoms with Crippen molar-refractivity contribution in [1.29, 1.82) is 5.26 Å². The largest absolute Gasteiger partial charge is 0.325 e. The van der Waals surface area contributed by atoms with Gasteiger partial charge in [-0.25, -0.2) is 4.79 Å². The number of likely N-dealkylation sites (tertiary alicyclic amines) is 1. The molecule has 1 aromatic rings. The summed E-state index contributed by atoms with van der Waals surface area (Å²) in [4.78, 5) is 18.7. The second-order valence-electron chi connectivity index (χ2n) is 6.05. The molecule has 2 amide bonds. The van der Waals surface area contributed by atoms with Gasteiger partial charge in [0.15, 0.2) is 0 Å². The van der Waals surface area contributed by atoms with Crippen molar-refractivity contribution in [2.24, 2.45) is 0 Å². The molecule has 22 heavy (non-hydrogen) atoms. The molecule has 0 unspecified atom stereocenters. The Morgan fingerprint density at radius 1 is 1.05 bits per heavy atom. The van der Waals surface area contributed by atoms with Crippen molar-refractivity contribution in [3.05, 3.63) is 35.4 Å². The average Bonchev–Trinajstić information content (AvgIpc) is 3.09. The van der Waals surface area contributed by atoms with Crippen LogP contribution in [0.2, 0.25) is 0 Å². The zero-order valence-electron chi connectivity index (χ0n) is 12.9. The van der Waals surface area contributed by atoms with E-state index in [9.17, 15) is 4.79 Å². The molecule has 0 bridgehead atoms. The van der Waals surface area contributed by atoms with Crippen LogP contribution in [-0.2, 0) is 6.54 Å². The number of carbonyl (C=O) groups is 1. The Hall–Kier alpha value is -2.06. The Labute approximate surface area is 131 Å². The minimum Gasteiger partial charge on any atom is -0.325 e. The van der Waals surface area contributed by atoms with E-state index < -0.39 is 0 Å². The normalized spacial score (nSPS) is 19.2. The van der Waals surface area contributed by atoms with E-state index >= 15 is 0 Å². The summed E-state index contributed by atoms with van der Waals surface area (Å²) in [5.74, 6) is 0. The maximum Gasteiger partial charge on any atom is 0.320 e.